The van der Waals surface area contributed by atoms with Gasteiger partial charge in [-0.3, -0.25) is 9.69 Å². The molecule has 2 rings (SSSR count). The second kappa shape index (κ2) is 6.58. The number of aryl methyl sites for hydroxylation is 1. The largest absolute Gasteiger partial charge is 0.491 e. The number of β-amino-alcohol motifs (C(OH)–C–C–N with tert-alkyl or cyclic N) is 1. The maximum atomic E-state index is 12.4. The highest BCUT2D eigenvalue weighted by Gasteiger charge is 2.49. The Morgan fingerprint density at radius 2 is 1.87 bits per heavy atom. The molecule has 0 unspecified atom stereocenters. The van der Waals surface area contributed by atoms with Crippen LogP contribution in [-0.4, -0.2) is 46.7 Å². The SMILES string of the molecule is Cc1ccc(OC[C@H](O)CN2C(=O)N[C@@](C)(C(C)C)C2=O)cc1. The van der Waals surface area contributed by atoms with Crippen LogP contribution in [0.25, 0.3) is 0 Å². The third-order valence-corrected chi connectivity index (χ3v) is 4.31. The number of ether oxygens (including phenoxy) is 1. The average molecular weight is 320 g/mol. The van der Waals surface area contributed by atoms with Gasteiger partial charge in [-0.1, -0.05) is 31.5 Å². The van der Waals surface area contributed by atoms with Crippen molar-refractivity contribution >= 4 is 11.9 Å². The predicted molar refractivity (Wildman–Crippen MR) is 86.2 cm³/mol. The Kier molecular flexibility index (Phi) is 4.94. The first kappa shape index (κ1) is 17.3. The number of carbonyl (C=O) groups excluding carboxylic acids is 2. The van der Waals surface area contributed by atoms with Crippen LogP contribution in [-0.2, 0) is 4.79 Å². The molecule has 1 aliphatic heterocycles. The number of rotatable bonds is 6. The minimum absolute atomic E-state index is 0.0124. The van der Waals surface area contributed by atoms with Gasteiger partial charge in [-0.25, -0.2) is 4.79 Å². The number of nitrogens with zero attached hydrogens (tertiary/aromatic N) is 1. The van der Waals surface area contributed by atoms with E-state index in [2.05, 4.69) is 5.32 Å². The van der Waals surface area contributed by atoms with Gasteiger partial charge in [-0.15, -0.1) is 0 Å². The van der Waals surface area contributed by atoms with Gasteiger partial charge in [0.15, 0.2) is 0 Å². The summed E-state index contributed by atoms with van der Waals surface area (Å²) in [6.07, 6.45) is -0.944. The fraction of sp³-hybridized carbons (Fsp3) is 0.529. The van der Waals surface area contributed by atoms with Gasteiger partial charge in [0.2, 0.25) is 0 Å². The molecule has 3 amide bonds. The highest BCUT2D eigenvalue weighted by atomic mass is 16.5. The first-order valence-corrected chi connectivity index (χ1v) is 7.75. The number of hydrogen-bond acceptors (Lipinski definition) is 4. The lowest BCUT2D eigenvalue weighted by Crippen LogP contribution is -2.49. The summed E-state index contributed by atoms with van der Waals surface area (Å²) in [5, 5.41) is 12.8. The van der Waals surface area contributed by atoms with E-state index in [1.807, 2.05) is 45.0 Å². The number of amides is 3. The zero-order valence-corrected chi connectivity index (χ0v) is 14.0. The molecule has 1 aromatic carbocycles. The molecule has 126 valence electrons. The van der Waals surface area contributed by atoms with E-state index in [4.69, 9.17) is 4.74 Å². The van der Waals surface area contributed by atoms with Gasteiger partial charge in [-0.2, -0.15) is 0 Å². The molecule has 1 saturated heterocycles. The number of carbonyl (C=O) groups is 2. The van der Waals surface area contributed by atoms with Crippen LogP contribution in [0, 0.1) is 12.8 Å². The number of hydrogen-bond donors (Lipinski definition) is 2. The van der Waals surface area contributed by atoms with Gasteiger partial charge in [0.25, 0.3) is 5.91 Å². The smallest absolute Gasteiger partial charge is 0.325 e. The maximum absolute atomic E-state index is 12.4. The fourth-order valence-corrected chi connectivity index (χ4v) is 2.36. The standard InChI is InChI=1S/C17H24N2O4/c1-11(2)17(4)15(21)19(16(22)18-17)9-13(20)10-23-14-7-5-12(3)6-8-14/h5-8,11,13,20H,9-10H2,1-4H3,(H,18,22)/t13-,17+/m1/s1. The van der Waals surface area contributed by atoms with Crippen LogP contribution in [0.4, 0.5) is 4.79 Å². The van der Waals surface area contributed by atoms with Gasteiger partial charge in [-0.05, 0) is 31.9 Å². The Labute approximate surface area is 136 Å². The van der Waals surface area contributed by atoms with Crippen LogP contribution in [0.15, 0.2) is 24.3 Å². The predicted octanol–water partition coefficient (Wildman–Crippen LogP) is 1.70. The molecule has 6 nitrogen and oxygen atoms in total. The lowest BCUT2D eigenvalue weighted by atomic mass is 9.88. The Morgan fingerprint density at radius 1 is 1.26 bits per heavy atom. The first-order valence-electron chi connectivity index (χ1n) is 7.75. The highest BCUT2D eigenvalue weighted by molar-refractivity contribution is 6.06. The van der Waals surface area contributed by atoms with E-state index < -0.39 is 17.7 Å². The molecule has 0 bridgehead atoms. The van der Waals surface area contributed by atoms with Gasteiger partial charge >= 0.3 is 6.03 Å². The molecule has 0 aliphatic carbocycles. The first-order chi connectivity index (χ1) is 10.7. The number of imide groups is 1. The molecule has 1 heterocycles. The summed E-state index contributed by atoms with van der Waals surface area (Å²) in [4.78, 5) is 25.5. The molecular formula is C17H24N2O4. The minimum Gasteiger partial charge on any atom is -0.491 e. The lowest BCUT2D eigenvalue weighted by molar-refractivity contribution is -0.133. The Hall–Kier alpha value is -2.08. The molecule has 0 saturated carbocycles. The maximum Gasteiger partial charge on any atom is 0.325 e. The molecular weight excluding hydrogens is 296 g/mol. The van der Waals surface area contributed by atoms with Crippen molar-refractivity contribution in [2.45, 2.75) is 39.3 Å². The molecule has 6 heteroatoms. The summed E-state index contributed by atoms with van der Waals surface area (Å²) < 4.78 is 5.48. The average Bonchev–Trinajstić information content (AvgIpc) is 2.71. The quantitative estimate of drug-likeness (QED) is 0.782. The zero-order valence-electron chi connectivity index (χ0n) is 14.0. The number of nitrogens with one attached hydrogen (secondary N) is 1. The van der Waals surface area contributed by atoms with E-state index in [9.17, 15) is 14.7 Å². The Balaban J connectivity index is 1.92. The second-order valence-electron chi connectivity index (χ2n) is 6.48. The molecule has 23 heavy (non-hydrogen) atoms. The van der Waals surface area contributed by atoms with Gasteiger partial charge in [0, 0.05) is 0 Å². The van der Waals surface area contributed by atoms with Gasteiger partial charge < -0.3 is 15.2 Å². The summed E-state index contributed by atoms with van der Waals surface area (Å²) >= 11 is 0. The van der Waals surface area contributed by atoms with E-state index in [0.29, 0.717) is 5.75 Å². The summed E-state index contributed by atoms with van der Waals surface area (Å²) in [7, 11) is 0. The summed E-state index contributed by atoms with van der Waals surface area (Å²) in [5.74, 6) is 0.288. The van der Waals surface area contributed by atoms with Crippen LogP contribution in [0.5, 0.6) is 5.75 Å². The fourth-order valence-electron chi connectivity index (χ4n) is 2.36. The molecule has 0 aromatic heterocycles. The van der Waals surface area contributed by atoms with Crippen molar-refractivity contribution in [3.8, 4) is 5.75 Å². The van der Waals surface area contributed by atoms with Crippen molar-refractivity contribution < 1.29 is 19.4 Å². The molecule has 1 aromatic rings. The zero-order chi connectivity index (χ0) is 17.2. The van der Waals surface area contributed by atoms with Crippen LogP contribution in [0.3, 0.4) is 0 Å². The van der Waals surface area contributed by atoms with E-state index in [0.717, 1.165) is 10.5 Å². The van der Waals surface area contributed by atoms with E-state index >= 15 is 0 Å². The lowest BCUT2D eigenvalue weighted by Gasteiger charge is -2.26. The van der Waals surface area contributed by atoms with Crippen LogP contribution < -0.4 is 10.1 Å². The molecule has 1 fully saturated rings. The molecule has 2 N–H and O–H groups in total. The van der Waals surface area contributed by atoms with Crippen molar-refractivity contribution in [2.75, 3.05) is 13.2 Å². The molecule has 0 spiro atoms. The highest BCUT2D eigenvalue weighted by Crippen LogP contribution is 2.25. The third kappa shape index (κ3) is 3.64. The normalized spacial score (nSPS) is 22.4. The summed E-state index contributed by atoms with van der Waals surface area (Å²) in [5.41, 5.74) is 0.194. The van der Waals surface area contributed by atoms with E-state index in [1.165, 1.54) is 0 Å². The van der Waals surface area contributed by atoms with E-state index in [-0.39, 0.29) is 25.0 Å². The van der Waals surface area contributed by atoms with Crippen molar-refractivity contribution in [2.24, 2.45) is 5.92 Å². The van der Waals surface area contributed by atoms with Crippen LogP contribution in [0.2, 0.25) is 0 Å². The van der Waals surface area contributed by atoms with Crippen molar-refractivity contribution in [1.29, 1.82) is 0 Å². The second-order valence-corrected chi connectivity index (χ2v) is 6.48. The van der Waals surface area contributed by atoms with Gasteiger partial charge in [0.05, 0.1) is 6.54 Å². The number of aliphatic hydroxyl groups excluding tert-OH is 1. The molecule has 2 atom stereocenters. The Bertz CT molecular complexity index is 585. The molecule has 0 radical (unpaired) electrons. The summed E-state index contributed by atoms with van der Waals surface area (Å²) in [6.45, 7) is 7.35. The van der Waals surface area contributed by atoms with Crippen molar-refractivity contribution in [3.63, 3.8) is 0 Å². The van der Waals surface area contributed by atoms with E-state index in [1.54, 1.807) is 6.92 Å². The summed E-state index contributed by atoms with van der Waals surface area (Å²) in [6, 6.07) is 6.97. The van der Waals surface area contributed by atoms with Crippen molar-refractivity contribution in [1.82, 2.24) is 10.2 Å². The topological polar surface area (TPSA) is 78.9 Å². The monoisotopic (exact) mass is 320 g/mol. The van der Waals surface area contributed by atoms with Crippen LogP contribution in [0.1, 0.15) is 26.3 Å². The number of urea groups is 1. The van der Waals surface area contributed by atoms with Gasteiger partial charge in [0.1, 0.15) is 24.0 Å². The van der Waals surface area contributed by atoms with Crippen LogP contribution >= 0.6 is 0 Å². The third-order valence-electron chi connectivity index (χ3n) is 4.31. The van der Waals surface area contributed by atoms with Crippen molar-refractivity contribution in [3.05, 3.63) is 29.8 Å². The number of benzene rings is 1. The minimum atomic E-state index is -0.944. The Morgan fingerprint density at radius 3 is 2.39 bits per heavy atom. The number of aliphatic hydroxyl groups is 1. The molecule has 1 aliphatic rings.